The first-order valence-electron chi connectivity index (χ1n) is 11.9. The van der Waals surface area contributed by atoms with Crippen molar-refractivity contribution in [1.82, 2.24) is 20.0 Å². The van der Waals surface area contributed by atoms with Crippen LogP contribution >= 0.6 is 0 Å². The van der Waals surface area contributed by atoms with Gasteiger partial charge in [-0.05, 0) is 65.5 Å². The highest BCUT2D eigenvalue weighted by Crippen LogP contribution is 2.31. The Labute approximate surface area is 212 Å². The Kier molecular flexibility index (Phi) is 6.04. The summed E-state index contributed by atoms with van der Waals surface area (Å²) < 4.78 is 26.6. The lowest BCUT2D eigenvalue weighted by Gasteiger charge is -2.12. The van der Waals surface area contributed by atoms with Gasteiger partial charge in [0.15, 0.2) is 0 Å². The molecule has 4 aromatic carbocycles. The minimum Gasteiger partial charge on any atom is -0.497 e. The number of aromatic nitrogens is 4. The Morgan fingerprint density at radius 3 is 2.46 bits per heavy atom. The minimum atomic E-state index is -0.277. The molecule has 0 saturated heterocycles. The lowest BCUT2D eigenvalue weighted by Crippen LogP contribution is -1.98. The van der Waals surface area contributed by atoms with Gasteiger partial charge in [-0.1, -0.05) is 41.6 Å². The van der Waals surface area contributed by atoms with E-state index >= 15 is 0 Å². The van der Waals surface area contributed by atoms with E-state index in [1.165, 1.54) is 12.1 Å². The Morgan fingerprint density at radius 1 is 0.838 bits per heavy atom. The molecular formula is C30H23FN4O2. The molecule has 0 spiro atoms. The normalized spacial score (nSPS) is 11.3. The Morgan fingerprint density at radius 2 is 1.65 bits per heavy atom. The van der Waals surface area contributed by atoms with Crippen LogP contribution in [0.25, 0.3) is 38.6 Å². The van der Waals surface area contributed by atoms with Crippen LogP contribution in [0.4, 0.5) is 4.39 Å². The number of fused-ring (bicyclic) bond motifs is 3. The fourth-order valence-electron chi connectivity index (χ4n) is 4.41. The van der Waals surface area contributed by atoms with Crippen molar-refractivity contribution in [2.24, 2.45) is 0 Å². The molecule has 6 rings (SSSR count). The smallest absolute Gasteiger partial charge is 0.123 e. The molecule has 0 aliphatic carbocycles. The van der Waals surface area contributed by atoms with Crippen LogP contribution in [0.1, 0.15) is 11.3 Å². The Hall–Kier alpha value is -4.62. The van der Waals surface area contributed by atoms with Gasteiger partial charge in [0.2, 0.25) is 0 Å². The SMILES string of the molecule is COc1ccc(-n2cc(COCc3cc(-c4ccc(F)cc4)nc4c3ccc3ccccc34)nn2)cc1. The van der Waals surface area contributed by atoms with E-state index in [1.807, 2.05) is 48.7 Å². The molecule has 37 heavy (non-hydrogen) atoms. The van der Waals surface area contributed by atoms with Crippen molar-refractivity contribution in [1.29, 1.82) is 0 Å². The third-order valence-electron chi connectivity index (χ3n) is 6.32. The zero-order valence-corrected chi connectivity index (χ0v) is 20.1. The lowest BCUT2D eigenvalue weighted by molar-refractivity contribution is 0.105. The van der Waals surface area contributed by atoms with Crippen LogP contribution in [0.2, 0.25) is 0 Å². The van der Waals surface area contributed by atoms with Gasteiger partial charge in [-0.15, -0.1) is 5.10 Å². The van der Waals surface area contributed by atoms with Crippen molar-refractivity contribution in [2.75, 3.05) is 7.11 Å². The molecule has 0 amide bonds. The van der Waals surface area contributed by atoms with Crippen molar-refractivity contribution in [3.63, 3.8) is 0 Å². The van der Waals surface area contributed by atoms with E-state index in [0.717, 1.165) is 55.6 Å². The van der Waals surface area contributed by atoms with E-state index in [2.05, 4.69) is 34.6 Å². The van der Waals surface area contributed by atoms with E-state index in [9.17, 15) is 4.39 Å². The molecule has 0 atom stereocenters. The molecule has 0 saturated carbocycles. The molecule has 0 radical (unpaired) electrons. The Balaban J connectivity index is 1.29. The molecule has 0 fully saturated rings. The second-order valence-electron chi connectivity index (χ2n) is 8.70. The number of benzene rings is 4. The van der Waals surface area contributed by atoms with Crippen LogP contribution in [-0.4, -0.2) is 27.1 Å². The highest BCUT2D eigenvalue weighted by molar-refractivity contribution is 6.06. The van der Waals surface area contributed by atoms with Gasteiger partial charge in [0.25, 0.3) is 0 Å². The van der Waals surface area contributed by atoms with Crippen LogP contribution < -0.4 is 4.74 Å². The Bertz CT molecular complexity index is 1700. The summed E-state index contributed by atoms with van der Waals surface area (Å²) in [6, 6.07) is 28.4. The van der Waals surface area contributed by atoms with Crippen LogP contribution in [0, 0.1) is 5.82 Å². The van der Waals surface area contributed by atoms with Crippen molar-refractivity contribution >= 4 is 21.7 Å². The molecule has 0 N–H and O–H groups in total. The first kappa shape index (κ1) is 22.8. The fourth-order valence-corrected chi connectivity index (χ4v) is 4.41. The van der Waals surface area contributed by atoms with Crippen LogP contribution in [0.5, 0.6) is 5.75 Å². The number of hydrogen-bond acceptors (Lipinski definition) is 5. The van der Waals surface area contributed by atoms with Crippen molar-refractivity contribution in [3.05, 3.63) is 114 Å². The zero-order valence-electron chi connectivity index (χ0n) is 20.1. The number of methoxy groups -OCH3 is 1. The predicted molar refractivity (Wildman–Crippen MR) is 141 cm³/mol. The number of hydrogen-bond donors (Lipinski definition) is 0. The fraction of sp³-hybridized carbons (Fsp3) is 0.100. The number of nitrogens with zero attached hydrogens (tertiary/aromatic N) is 4. The van der Waals surface area contributed by atoms with Gasteiger partial charge in [-0.3, -0.25) is 0 Å². The van der Waals surface area contributed by atoms with Gasteiger partial charge in [-0.2, -0.15) is 0 Å². The highest BCUT2D eigenvalue weighted by atomic mass is 19.1. The summed E-state index contributed by atoms with van der Waals surface area (Å²) in [5, 5.41) is 11.7. The maximum atomic E-state index is 13.6. The molecule has 0 aliphatic rings. The summed E-state index contributed by atoms with van der Waals surface area (Å²) in [5.74, 6) is 0.506. The lowest BCUT2D eigenvalue weighted by atomic mass is 10.0. The minimum absolute atomic E-state index is 0.277. The molecule has 6 nitrogen and oxygen atoms in total. The van der Waals surface area contributed by atoms with Crippen LogP contribution in [0.3, 0.4) is 0 Å². The summed E-state index contributed by atoms with van der Waals surface area (Å²) >= 11 is 0. The molecular weight excluding hydrogens is 467 g/mol. The molecule has 2 aromatic heterocycles. The van der Waals surface area contributed by atoms with Crippen molar-refractivity contribution < 1.29 is 13.9 Å². The summed E-state index contributed by atoms with van der Waals surface area (Å²) in [4.78, 5) is 4.97. The van der Waals surface area contributed by atoms with Gasteiger partial charge < -0.3 is 9.47 Å². The van der Waals surface area contributed by atoms with Crippen molar-refractivity contribution in [3.8, 4) is 22.7 Å². The number of rotatable bonds is 7. The monoisotopic (exact) mass is 490 g/mol. The third kappa shape index (κ3) is 4.64. The first-order valence-corrected chi connectivity index (χ1v) is 11.9. The summed E-state index contributed by atoms with van der Waals surface area (Å²) in [6.07, 6.45) is 1.85. The van der Waals surface area contributed by atoms with Gasteiger partial charge in [0, 0.05) is 16.3 Å². The molecule has 6 aromatic rings. The molecule has 0 bridgehead atoms. The number of halogens is 1. The van der Waals surface area contributed by atoms with Gasteiger partial charge in [0.1, 0.15) is 17.3 Å². The van der Waals surface area contributed by atoms with Gasteiger partial charge >= 0.3 is 0 Å². The average molecular weight is 491 g/mol. The number of pyridine rings is 1. The third-order valence-corrected chi connectivity index (χ3v) is 6.32. The van der Waals surface area contributed by atoms with Crippen LogP contribution in [0.15, 0.2) is 97.2 Å². The predicted octanol–water partition coefficient (Wildman–Crippen LogP) is 6.50. The molecule has 0 aliphatic heterocycles. The molecule has 182 valence electrons. The first-order chi connectivity index (χ1) is 18.2. The van der Waals surface area contributed by atoms with E-state index < -0.39 is 0 Å². The maximum absolute atomic E-state index is 13.6. The molecule has 2 heterocycles. The van der Waals surface area contributed by atoms with E-state index in [0.29, 0.717) is 13.2 Å². The maximum Gasteiger partial charge on any atom is 0.123 e. The van der Waals surface area contributed by atoms with Gasteiger partial charge in [-0.25, -0.2) is 14.1 Å². The van der Waals surface area contributed by atoms with Gasteiger partial charge in [0.05, 0.1) is 43.4 Å². The quantitative estimate of drug-likeness (QED) is 0.239. The van der Waals surface area contributed by atoms with E-state index in [1.54, 1.807) is 23.9 Å². The van der Waals surface area contributed by atoms with Crippen LogP contribution in [-0.2, 0) is 18.0 Å². The standard InChI is InChI=1S/C30H23FN4O2/c1-36-26-13-11-25(12-14-26)35-17-24(33-34-35)19-37-18-22-16-29(21-6-9-23(31)10-7-21)32-30-27-5-3-2-4-20(27)8-15-28(22)30/h2-17H,18-19H2,1H3. The molecule has 0 unspecified atom stereocenters. The molecule has 7 heteroatoms. The van der Waals surface area contributed by atoms with E-state index in [4.69, 9.17) is 14.5 Å². The highest BCUT2D eigenvalue weighted by Gasteiger charge is 2.12. The topological polar surface area (TPSA) is 62.1 Å². The number of ether oxygens (including phenoxy) is 2. The van der Waals surface area contributed by atoms with E-state index in [-0.39, 0.29) is 5.82 Å². The van der Waals surface area contributed by atoms with Crippen molar-refractivity contribution in [2.45, 2.75) is 13.2 Å². The second kappa shape index (κ2) is 9.79. The summed E-state index contributed by atoms with van der Waals surface area (Å²) in [6.45, 7) is 0.667. The average Bonchev–Trinajstić information content (AvgIpc) is 3.42. The summed E-state index contributed by atoms with van der Waals surface area (Å²) in [5.41, 5.74) is 5.11. The second-order valence-corrected chi connectivity index (χ2v) is 8.70. The largest absolute Gasteiger partial charge is 0.497 e. The zero-order chi connectivity index (χ0) is 25.2. The summed E-state index contributed by atoms with van der Waals surface area (Å²) in [7, 11) is 1.64.